The van der Waals surface area contributed by atoms with E-state index in [1.165, 1.54) is 167 Å². The third-order valence-corrected chi connectivity index (χ3v) is 11.5. The van der Waals surface area contributed by atoms with Crippen molar-refractivity contribution in [1.29, 1.82) is 0 Å². The molecule has 0 radical (unpaired) electrons. The van der Waals surface area contributed by atoms with Gasteiger partial charge in [0.15, 0.2) is 6.10 Å². The Kier molecular flexibility index (Phi) is 46.8. The Hall–Kier alpha value is -2.11. The maximum atomic E-state index is 12.8. The van der Waals surface area contributed by atoms with Crippen molar-refractivity contribution in [2.75, 3.05) is 13.2 Å². The third kappa shape index (κ3) is 46.8. The van der Waals surface area contributed by atoms with Gasteiger partial charge in [-0.05, 0) is 51.4 Å². The molecule has 0 bridgehead atoms. The second kappa shape index (κ2) is 48.6. The summed E-state index contributed by atoms with van der Waals surface area (Å²) >= 11 is 0. The second-order valence-electron chi connectivity index (χ2n) is 17.4. The number of carbonyl (C=O) groups excluding carboxylic acids is 3. The van der Waals surface area contributed by atoms with Gasteiger partial charge in [0.25, 0.3) is 0 Å². The Morgan fingerprint density at radius 2 is 0.610 bits per heavy atom. The number of rotatable bonds is 47. The first-order valence-corrected chi connectivity index (χ1v) is 25.8. The monoisotopic (exact) mass is 831 g/mol. The third-order valence-electron chi connectivity index (χ3n) is 11.5. The molecular weight excluding hydrogens is 733 g/mol. The van der Waals surface area contributed by atoms with E-state index in [1.807, 2.05) is 0 Å². The Balaban J connectivity index is 4.23. The molecule has 1 unspecified atom stereocenters. The molecule has 0 amide bonds. The Labute approximate surface area is 366 Å². The average molecular weight is 831 g/mol. The van der Waals surface area contributed by atoms with Gasteiger partial charge in [-0.1, -0.05) is 231 Å². The Morgan fingerprint density at radius 1 is 0.339 bits per heavy atom. The van der Waals surface area contributed by atoms with Gasteiger partial charge in [-0.2, -0.15) is 0 Å². The van der Waals surface area contributed by atoms with Crippen molar-refractivity contribution >= 4 is 17.9 Å². The van der Waals surface area contributed by atoms with Crippen molar-refractivity contribution in [3.05, 3.63) is 24.3 Å². The smallest absolute Gasteiger partial charge is 0.306 e. The van der Waals surface area contributed by atoms with Gasteiger partial charge in [0.2, 0.25) is 0 Å². The summed E-state index contributed by atoms with van der Waals surface area (Å²) in [6.45, 7) is 6.59. The van der Waals surface area contributed by atoms with Gasteiger partial charge in [-0.25, -0.2) is 0 Å². The predicted molar refractivity (Wildman–Crippen MR) is 252 cm³/mol. The molecular formula is C53H98O6. The number of esters is 3. The van der Waals surface area contributed by atoms with Gasteiger partial charge >= 0.3 is 17.9 Å². The van der Waals surface area contributed by atoms with Crippen LogP contribution in [0.4, 0.5) is 0 Å². The van der Waals surface area contributed by atoms with Crippen LogP contribution in [-0.4, -0.2) is 37.2 Å². The van der Waals surface area contributed by atoms with Crippen LogP contribution in [0.3, 0.4) is 0 Å². The van der Waals surface area contributed by atoms with Crippen LogP contribution in [-0.2, 0) is 28.6 Å². The van der Waals surface area contributed by atoms with Crippen LogP contribution in [0.25, 0.3) is 0 Å². The number of unbranched alkanes of at least 4 members (excludes halogenated alkanes) is 32. The van der Waals surface area contributed by atoms with Gasteiger partial charge in [-0.3, -0.25) is 14.4 Å². The SMILES string of the molecule is CCCCC/C=C\C/C=C\CCCCCCCCCC(=O)OCC(COC(=O)CCCCCCCCC)OC(=O)CCCCCCCCCCCCCCCCCCC. The highest BCUT2D eigenvalue weighted by Gasteiger charge is 2.19. The lowest BCUT2D eigenvalue weighted by atomic mass is 10.0. The first-order valence-electron chi connectivity index (χ1n) is 25.8. The average Bonchev–Trinajstić information content (AvgIpc) is 3.23. The van der Waals surface area contributed by atoms with Crippen molar-refractivity contribution in [2.24, 2.45) is 0 Å². The van der Waals surface area contributed by atoms with Crippen LogP contribution < -0.4 is 0 Å². The van der Waals surface area contributed by atoms with Gasteiger partial charge < -0.3 is 14.2 Å². The Bertz CT molecular complexity index is 958. The van der Waals surface area contributed by atoms with E-state index in [-0.39, 0.29) is 31.1 Å². The molecule has 0 fully saturated rings. The van der Waals surface area contributed by atoms with E-state index in [0.717, 1.165) is 70.6 Å². The molecule has 0 aromatic rings. The molecule has 0 spiro atoms. The summed E-state index contributed by atoms with van der Waals surface area (Å²) in [6.07, 6.45) is 54.6. The van der Waals surface area contributed by atoms with Gasteiger partial charge in [0, 0.05) is 19.3 Å². The van der Waals surface area contributed by atoms with Crippen molar-refractivity contribution < 1.29 is 28.6 Å². The molecule has 346 valence electrons. The van der Waals surface area contributed by atoms with Gasteiger partial charge in [0.1, 0.15) is 13.2 Å². The Morgan fingerprint density at radius 3 is 0.966 bits per heavy atom. The summed E-state index contributed by atoms with van der Waals surface area (Å²) in [5, 5.41) is 0. The van der Waals surface area contributed by atoms with E-state index in [4.69, 9.17) is 14.2 Å². The first-order chi connectivity index (χ1) is 29.0. The largest absolute Gasteiger partial charge is 0.462 e. The molecule has 0 saturated carbocycles. The maximum absolute atomic E-state index is 12.8. The van der Waals surface area contributed by atoms with Crippen LogP contribution in [0.15, 0.2) is 24.3 Å². The highest BCUT2D eigenvalue weighted by atomic mass is 16.6. The van der Waals surface area contributed by atoms with Crippen LogP contribution in [0.5, 0.6) is 0 Å². The highest BCUT2D eigenvalue weighted by Crippen LogP contribution is 2.16. The van der Waals surface area contributed by atoms with Crippen molar-refractivity contribution in [3.8, 4) is 0 Å². The summed E-state index contributed by atoms with van der Waals surface area (Å²) in [5.74, 6) is -0.871. The van der Waals surface area contributed by atoms with Crippen LogP contribution >= 0.6 is 0 Å². The zero-order valence-corrected chi connectivity index (χ0v) is 39.5. The van der Waals surface area contributed by atoms with E-state index in [1.54, 1.807) is 0 Å². The lowest BCUT2D eigenvalue weighted by molar-refractivity contribution is -0.167. The zero-order chi connectivity index (χ0) is 43.0. The van der Waals surface area contributed by atoms with E-state index in [9.17, 15) is 14.4 Å². The van der Waals surface area contributed by atoms with E-state index >= 15 is 0 Å². The van der Waals surface area contributed by atoms with Crippen LogP contribution in [0, 0.1) is 0 Å². The second-order valence-corrected chi connectivity index (χ2v) is 17.4. The normalized spacial score (nSPS) is 12.1. The van der Waals surface area contributed by atoms with Crippen molar-refractivity contribution in [1.82, 2.24) is 0 Å². The minimum Gasteiger partial charge on any atom is -0.462 e. The van der Waals surface area contributed by atoms with Gasteiger partial charge in [-0.15, -0.1) is 0 Å². The zero-order valence-electron chi connectivity index (χ0n) is 39.5. The summed E-state index contributed by atoms with van der Waals surface area (Å²) in [5.41, 5.74) is 0. The first kappa shape index (κ1) is 56.9. The minimum atomic E-state index is -0.767. The molecule has 0 aliphatic rings. The fourth-order valence-electron chi connectivity index (χ4n) is 7.53. The summed E-state index contributed by atoms with van der Waals surface area (Å²) in [7, 11) is 0. The molecule has 59 heavy (non-hydrogen) atoms. The van der Waals surface area contributed by atoms with Crippen LogP contribution in [0.1, 0.15) is 278 Å². The molecule has 6 heteroatoms. The number of allylic oxidation sites excluding steroid dienone is 4. The molecule has 0 N–H and O–H groups in total. The minimum absolute atomic E-state index is 0.0701. The van der Waals surface area contributed by atoms with E-state index in [2.05, 4.69) is 45.1 Å². The molecule has 6 nitrogen and oxygen atoms in total. The van der Waals surface area contributed by atoms with Gasteiger partial charge in [0.05, 0.1) is 0 Å². The van der Waals surface area contributed by atoms with Crippen LogP contribution in [0.2, 0.25) is 0 Å². The number of carbonyl (C=O) groups is 3. The molecule has 0 aromatic heterocycles. The lowest BCUT2D eigenvalue weighted by Gasteiger charge is -2.18. The fraction of sp³-hybridized carbons (Fsp3) is 0.868. The lowest BCUT2D eigenvalue weighted by Crippen LogP contribution is -2.30. The fourth-order valence-corrected chi connectivity index (χ4v) is 7.53. The van der Waals surface area contributed by atoms with Crippen molar-refractivity contribution in [3.63, 3.8) is 0 Å². The summed E-state index contributed by atoms with van der Waals surface area (Å²) in [4.78, 5) is 37.8. The molecule has 0 aliphatic carbocycles. The number of ether oxygens (including phenoxy) is 3. The standard InChI is InChI=1S/C53H98O6/c1-4-7-10-13-16-18-20-22-24-26-28-30-32-34-37-40-43-46-52(55)58-49-50(48-57-51(54)45-42-39-36-15-12-9-6-3)59-53(56)47-44-41-38-35-33-31-29-27-25-23-21-19-17-14-11-8-5-2/h16,18,22,24,50H,4-15,17,19-21,23,25-49H2,1-3H3/b18-16-,24-22-. The van der Waals surface area contributed by atoms with E-state index < -0.39 is 6.10 Å². The number of hydrogen-bond donors (Lipinski definition) is 0. The van der Waals surface area contributed by atoms with Crippen molar-refractivity contribution in [2.45, 2.75) is 284 Å². The molecule has 0 rings (SSSR count). The number of hydrogen-bond acceptors (Lipinski definition) is 6. The molecule has 0 saturated heterocycles. The predicted octanol–water partition coefficient (Wildman–Crippen LogP) is 16.8. The quantitative estimate of drug-likeness (QED) is 0.0263. The van der Waals surface area contributed by atoms with E-state index in [0.29, 0.717) is 19.3 Å². The molecule has 0 aromatic carbocycles. The maximum Gasteiger partial charge on any atom is 0.306 e. The summed E-state index contributed by atoms with van der Waals surface area (Å²) < 4.78 is 16.7. The molecule has 0 aliphatic heterocycles. The molecule has 0 heterocycles. The topological polar surface area (TPSA) is 78.9 Å². The summed E-state index contributed by atoms with van der Waals surface area (Å²) in [6, 6.07) is 0. The highest BCUT2D eigenvalue weighted by molar-refractivity contribution is 5.71. The molecule has 1 atom stereocenters.